The maximum Gasteiger partial charge on any atom is 0.143 e. The number of nitrogen functional groups attached to an aromatic ring is 1. The number of benzene rings is 1. The van der Waals surface area contributed by atoms with Crippen molar-refractivity contribution in [3.63, 3.8) is 0 Å². The molecule has 0 aliphatic carbocycles. The minimum absolute atomic E-state index is 0.639. The van der Waals surface area contributed by atoms with E-state index in [4.69, 9.17) is 10.5 Å². The molecule has 1 atom stereocenters. The molecule has 0 aromatic heterocycles. The summed E-state index contributed by atoms with van der Waals surface area (Å²) in [4.78, 5) is 5.03. The Morgan fingerprint density at radius 2 is 1.76 bits per heavy atom. The first kappa shape index (κ1) is 18.5. The van der Waals surface area contributed by atoms with Crippen molar-refractivity contribution in [2.24, 2.45) is 0 Å². The Morgan fingerprint density at radius 1 is 1.12 bits per heavy atom. The first-order chi connectivity index (χ1) is 12.0. The number of nitrogens with two attached hydrogens (primary N) is 1. The van der Waals surface area contributed by atoms with Gasteiger partial charge in [-0.15, -0.1) is 0 Å². The van der Waals surface area contributed by atoms with Gasteiger partial charge in [0.2, 0.25) is 0 Å². The molecule has 0 saturated carbocycles. The third-order valence-electron chi connectivity index (χ3n) is 5.51. The molecule has 0 radical (unpaired) electrons. The molecular formula is C18H30N4O2S. The van der Waals surface area contributed by atoms with Crippen LogP contribution in [0.15, 0.2) is 12.1 Å². The Labute approximate surface area is 153 Å². The maximum atomic E-state index is 11.6. The average Bonchev–Trinajstić information content (AvgIpc) is 2.62. The van der Waals surface area contributed by atoms with Crippen LogP contribution in [0.1, 0.15) is 18.4 Å². The summed E-state index contributed by atoms with van der Waals surface area (Å²) in [5.41, 5.74) is 9.14. The zero-order valence-corrected chi connectivity index (χ0v) is 16.3. The highest BCUT2D eigenvalue weighted by molar-refractivity contribution is 7.81. The van der Waals surface area contributed by atoms with Crippen LogP contribution in [-0.4, -0.2) is 72.1 Å². The maximum absolute atomic E-state index is 11.6. The summed E-state index contributed by atoms with van der Waals surface area (Å²) in [7, 11) is 0.833. The topological polar surface area (TPSA) is 62.0 Å². The number of piperazine rings is 1. The molecule has 2 fully saturated rings. The Balaban J connectivity index is 1.58. The molecule has 2 saturated heterocycles. The zero-order chi connectivity index (χ0) is 18.0. The van der Waals surface area contributed by atoms with Gasteiger partial charge in [-0.1, -0.05) is 0 Å². The molecule has 0 bridgehead atoms. The summed E-state index contributed by atoms with van der Waals surface area (Å²) in [6.07, 6.45) is 4.11. The minimum Gasteiger partial charge on any atom is -0.495 e. The number of rotatable bonds is 4. The second-order valence-electron chi connectivity index (χ2n) is 6.99. The van der Waals surface area contributed by atoms with E-state index in [-0.39, 0.29) is 0 Å². The number of hydrogen-bond donors (Lipinski definition) is 1. The van der Waals surface area contributed by atoms with Gasteiger partial charge >= 0.3 is 0 Å². The van der Waals surface area contributed by atoms with Gasteiger partial charge in [0.1, 0.15) is 5.75 Å². The number of anilines is 2. The van der Waals surface area contributed by atoms with Crippen molar-refractivity contribution in [1.82, 2.24) is 9.21 Å². The Hall–Kier alpha value is -1.31. The van der Waals surface area contributed by atoms with E-state index in [0.29, 0.717) is 11.7 Å². The highest BCUT2D eigenvalue weighted by Gasteiger charge is 2.28. The third kappa shape index (κ3) is 4.10. The molecule has 0 spiro atoms. The fraction of sp³-hybridized carbons (Fsp3) is 0.667. The Morgan fingerprint density at radius 3 is 2.32 bits per heavy atom. The van der Waals surface area contributed by atoms with Crippen molar-refractivity contribution in [1.29, 1.82) is 0 Å². The first-order valence-electron chi connectivity index (χ1n) is 9.01. The van der Waals surface area contributed by atoms with Gasteiger partial charge in [0.15, 0.2) is 0 Å². The van der Waals surface area contributed by atoms with Crippen LogP contribution in [0.4, 0.5) is 11.4 Å². The number of ether oxygens (including phenoxy) is 1. The zero-order valence-electron chi connectivity index (χ0n) is 15.5. The standard InChI is InChI=1S/C18H30N4O2S/c1-14-12-16(19)18(24-2)13-17(14)21-6-4-15(5-7-21)20-8-10-22(11-9-20)25(3)23/h12-13,15H,4-11,19H2,1-3H3. The fourth-order valence-corrected chi connectivity index (χ4v) is 4.69. The Kier molecular flexibility index (Phi) is 5.86. The van der Waals surface area contributed by atoms with Crippen LogP contribution in [0.25, 0.3) is 0 Å². The van der Waals surface area contributed by atoms with Crippen molar-refractivity contribution < 1.29 is 8.95 Å². The van der Waals surface area contributed by atoms with Crippen LogP contribution in [0.2, 0.25) is 0 Å². The molecule has 7 heteroatoms. The van der Waals surface area contributed by atoms with Gasteiger partial charge in [0, 0.05) is 63.3 Å². The summed E-state index contributed by atoms with van der Waals surface area (Å²) >= 11 is 0. The molecule has 2 N–H and O–H groups in total. The molecule has 1 aromatic rings. The van der Waals surface area contributed by atoms with Crippen LogP contribution < -0.4 is 15.4 Å². The van der Waals surface area contributed by atoms with Gasteiger partial charge in [-0.2, -0.15) is 0 Å². The van der Waals surface area contributed by atoms with Gasteiger partial charge in [-0.3, -0.25) is 4.90 Å². The summed E-state index contributed by atoms with van der Waals surface area (Å²) in [6, 6.07) is 4.71. The molecule has 3 rings (SSSR count). The summed E-state index contributed by atoms with van der Waals surface area (Å²) in [5.74, 6) is 0.756. The summed E-state index contributed by atoms with van der Waals surface area (Å²) in [6.45, 7) is 8.10. The van der Waals surface area contributed by atoms with Crippen LogP contribution in [0, 0.1) is 6.92 Å². The van der Waals surface area contributed by atoms with Gasteiger partial charge in [0.25, 0.3) is 0 Å². The molecule has 2 aliphatic heterocycles. The molecule has 2 heterocycles. The highest BCUT2D eigenvalue weighted by Crippen LogP contribution is 2.33. The van der Waals surface area contributed by atoms with Crippen LogP contribution >= 0.6 is 0 Å². The molecule has 1 unspecified atom stereocenters. The van der Waals surface area contributed by atoms with E-state index >= 15 is 0 Å². The number of hydrogen-bond acceptors (Lipinski definition) is 5. The summed E-state index contributed by atoms with van der Waals surface area (Å²) in [5, 5.41) is 0. The highest BCUT2D eigenvalue weighted by atomic mass is 32.2. The largest absolute Gasteiger partial charge is 0.495 e. The van der Waals surface area contributed by atoms with E-state index in [2.05, 4.69) is 27.1 Å². The fourth-order valence-electron chi connectivity index (χ4n) is 4.01. The average molecular weight is 367 g/mol. The molecule has 1 aromatic carbocycles. The number of nitrogens with zero attached hydrogens (tertiary/aromatic N) is 3. The molecule has 6 nitrogen and oxygen atoms in total. The quantitative estimate of drug-likeness (QED) is 0.818. The second kappa shape index (κ2) is 7.93. The Bertz CT molecular complexity index is 624. The third-order valence-corrected chi connectivity index (χ3v) is 6.60. The molecule has 140 valence electrons. The lowest BCUT2D eigenvalue weighted by molar-refractivity contribution is 0.122. The van der Waals surface area contributed by atoms with Crippen molar-refractivity contribution in [3.8, 4) is 5.75 Å². The smallest absolute Gasteiger partial charge is 0.143 e. The van der Waals surface area contributed by atoms with Gasteiger partial charge < -0.3 is 15.4 Å². The molecule has 0 amide bonds. The van der Waals surface area contributed by atoms with Gasteiger partial charge in [-0.25, -0.2) is 8.51 Å². The van der Waals surface area contributed by atoms with E-state index in [1.807, 2.05) is 6.07 Å². The van der Waals surface area contributed by atoms with Crippen molar-refractivity contribution >= 4 is 22.4 Å². The van der Waals surface area contributed by atoms with Crippen LogP contribution in [-0.2, 0) is 11.0 Å². The van der Waals surface area contributed by atoms with Gasteiger partial charge in [-0.05, 0) is 31.4 Å². The predicted molar refractivity (Wildman–Crippen MR) is 105 cm³/mol. The lowest BCUT2D eigenvalue weighted by Crippen LogP contribution is -2.53. The van der Waals surface area contributed by atoms with Crippen LogP contribution in [0.3, 0.4) is 0 Å². The number of methoxy groups -OCH3 is 1. The van der Waals surface area contributed by atoms with Crippen molar-refractivity contribution in [3.05, 3.63) is 17.7 Å². The lowest BCUT2D eigenvalue weighted by atomic mass is 10.0. The normalized spacial score (nSPS) is 22.1. The van der Waals surface area contributed by atoms with E-state index in [1.54, 1.807) is 13.4 Å². The minimum atomic E-state index is -0.834. The number of aryl methyl sites for hydroxylation is 1. The molecular weight excluding hydrogens is 336 g/mol. The monoisotopic (exact) mass is 366 g/mol. The van der Waals surface area contributed by atoms with E-state index in [0.717, 1.165) is 45.0 Å². The van der Waals surface area contributed by atoms with Gasteiger partial charge in [0.05, 0.1) is 23.8 Å². The molecule has 2 aliphatic rings. The van der Waals surface area contributed by atoms with Crippen LogP contribution in [0.5, 0.6) is 5.75 Å². The predicted octanol–water partition coefficient (Wildman–Crippen LogP) is 1.47. The molecule has 25 heavy (non-hydrogen) atoms. The van der Waals surface area contributed by atoms with E-state index < -0.39 is 11.0 Å². The van der Waals surface area contributed by atoms with E-state index in [1.165, 1.54) is 24.1 Å². The lowest BCUT2D eigenvalue weighted by Gasteiger charge is -2.43. The first-order valence-corrected chi connectivity index (χ1v) is 10.5. The number of piperidine rings is 1. The van der Waals surface area contributed by atoms with Crippen molar-refractivity contribution in [2.75, 3.05) is 63.3 Å². The summed E-state index contributed by atoms with van der Waals surface area (Å²) < 4.78 is 19.0. The van der Waals surface area contributed by atoms with E-state index in [9.17, 15) is 4.21 Å². The SMILES string of the molecule is COc1cc(N2CCC(N3CCN(S(C)=O)CC3)CC2)c(C)cc1N. The second-order valence-corrected chi connectivity index (χ2v) is 8.35. The van der Waals surface area contributed by atoms with Crippen molar-refractivity contribution in [2.45, 2.75) is 25.8 Å².